The first kappa shape index (κ1) is 19.5. The lowest BCUT2D eigenvalue weighted by Gasteiger charge is -2.18. The number of hydrogen-bond acceptors (Lipinski definition) is 4. The Labute approximate surface area is 153 Å². The van der Waals surface area contributed by atoms with Crippen LogP contribution in [0.15, 0.2) is 0 Å². The minimum atomic E-state index is -1.73. The molecule has 2 aliphatic rings. The van der Waals surface area contributed by atoms with Crippen molar-refractivity contribution in [1.29, 1.82) is 0 Å². The summed E-state index contributed by atoms with van der Waals surface area (Å²) in [5, 5.41) is 0. The van der Waals surface area contributed by atoms with Gasteiger partial charge in [0.1, 0.15) is 0 Å². The van der Waals surface area contributed by atoms with Crippen molar-refractivity contribution in [3.05, 3.63) is 0 Å². The van der Waals surface area contributed by atoms with E-state index < -0.39 is 19.8 Å². The Bertz CT molecular complexity index is 509. The van der Waals surface area contributed by atoms with Crippen LogP contribution >= 0.6 is 55.1 Å². The number of halogens is 4. The van der Waals surface area contributed by atoms with Gasteiger partial charge in [0.25, 0.3) is 16.3 Å². The summed E-state index contributed by atoms with van der Waals surface area (Å²) in [6.07, 6.45) is 0. The van der Waals surface area contributed by atoms with Crippen molar-refractivity contribution in [2.24, 2.45) is 0 Å². The van der Waals surface area contributed by atoms with Crippen molar-refractivity contribution in [1.82, 2.24) is 19.6 Å². The molecule has 2 aliphatic heterocycles. The molecule has 2 saturated heterocycles. The van der Waals surface area contributed by atoms with Crippen LogP contribution in [-0.2, 0) is 9.59 Å². The minimum Gasteiger partial charge on any atom is -0.295 e. The lowest BCUT2D eigenvalue weighted by atomic mass is 10.6. The van der Waals surface area contributed by atoms with Crippen molar-refractivity contribution < 1.29 is 19.2 Å². The molecule has 0 unspecified atom stereocenters. The molecular weight excluding hydrogens is 471 g/mol. The monoisotopic (exact) mass is 480 g/mol. The van der Waals surface area contributed by atoms with Crippen LogP contribution in [0.3, 0.4) is 0 Å². The number of hydrogen-bond donors (Lipinski definition) is 0. The number of amides is 6. The topological polar surface area (TPSA) is 81.2 Å². The lowest BCUT2D eigenvalue weighted by Crippen LogP contribution is -2.36. The number of likely N-dealkylation sites (N-methyl/N-ethyl adjacent to an activating group) is 4. The fraction of sp³-hybridized carbons (Fsp3) is 0.600. The van der Waals surface area contributed by atoms with Crippen LogP contribution in [-0.4, -0.2) is 79.5 Å². The standard InChI is InChI=1S/C5H6Br2N2O2.C5H6Cl2N2O2/c2*1-8-3(10)5(6,7)9(2)4(8)11/h2*1-2H3. The summed E-state index contributed by atoms with van der Waals surface area (Å²) >= 11 is 17.2. The van der Waals surface area contributed by atoms with Gasteiger partial charge in [-0.25, -0.2) is 9.59 Å². The highest BCUT2D eigenvalue weighted by atomic mass is 79.9. The van der Waals surface area contributed by atoms with Gasteiger partial charge >= 0.3 is 12.1 Å². The Hall–Kier alpha value is -0.580. The van der Waals surface area contributed by atoms with E-state index in [4.69, 9.17) is 23.2 Å². The van der Waals surface area contributed by atoms with E-state index in [9.17, 15) is 19.2 Å². The molecule has 8 nitrogen and oxygen atoms in total. The predicted molar refractivity (Wildman–Crippen MR) is 86.9 cm³/mol. The summed E-state index contributed by atoms with van der Waals surface area (Å²) in [5.74, 6) is -0.932. The van der Waals surface area contributed by atoms with Crippen LogP contribution in [0.2, 0.25) is 0 Å². The van der Waals surface area contributed by atoms with Gasteiger partial charge < -0.3 is 0 Å². The Morgan fingerprint density at radius 3 is 1.23 bits per heavy atom. The molecule has 0 aromatic carbocycles. The van der Waals surface area contributed by atoms with E-state index >= 15 is 0 Å². The second-order valence-electron chi connectivity index (χ2n) is 4.49. The molecule has 2 rings (SSSR count). The lowest BCUT2D eigenvalue weighted by molar-refractivity contribution is -0.127. The molecule has 0 radical (unpaired) electrons. The van der Waals surface area contributed by atoms with Gasteiger partial charge in [0.2, 0.25) is 3.36 Å². The number of alkyl halides is 4. The SMILES string of the molecule is CN1C(=O)N(C)C(Br)(Br)C1=O.CN1C(=O)N(C)C(Cl)(Cl)C1=O. The zero-order valence-corrected chi connectivity index (χ0v) is 16.6. The second kappa shape index (κ2) is 6.14. The van der Waals surface area contributed by atoms with E-state index in [0.29, 0.717) is 0 Å². The average Bonchev–Trinajstić information content (AvgIpc) is 2.67. The summed E-state index contributed by atoms with van der Waals surface area (Å²) in [5.41, 5.74) is 0. The van der Waals surface area contributed by atoms with Crippen LogP contribution in [0.25, 0.3) is 0 Å². The molecule has 6 amide bonds. The molecule has 22 heavy (non-hydrogen) atoms. The van der Waals surface area contributed by atoms with Crippen molar-refractivity contribution in [3.8, 4) is 0 Å². The third-order valence-electron chi connectivity index (χ3n) is 3.11. The average molecular weight is 483 g/mol. The number of rotatable bonds is 0. The molecule has 0 N–H and O–H groups in total. The summed E-state index contributed by atoms with van der Waals surface area (Å²) < 4.78 is -2.78. The van der Waals surface area contributed by atoms with Gasteiger partial charge in [0.15, 0.2) is 0 Å². The highest BCUT2D eigenvalue weighted by molar-refractivity contribution is 9.25. The molecule has 0 spiro atoms. The van der Waals surface area contributed by atoms with Crippen molar-refractivity contribution in [2.45, 2.75) is 7.81 Å². The molecule has 0 saturated carbocycles. The van der Waals surface area contributed by atoms with Crippen LogP contribution < -0.4 is 0 Å². The maximum Gasteiger partial charge on any atom is 0.329 e. The number of imide groups is 2. The summed E-state index contributed by atoms with van der Waals surface area (Å²) in [4.78, 5) is 48.5. The van der Waals surface area contributed by atoms with E-state index in [1.807, 2.05) is 0 Å². The van der Waals surface area contributed by atoms with E-state index in [1.165, 1.54) is 33.1 Å². The normalized spacial score (nSPS) is 23.3. The molecule has 124 valence electrons. The van der Waals surface area contributed by atoms with Gasteiger partial charge in [0, 0.05) is 28.2 Å². The maximum absolute atomic E-state index is 11.2. The molecule has 2 heterocycles. The predicted octanol–water partition coefficient (Wildman–Crippen LogP) is 1.60. The Morgan fingerprint density at radius 2 is 1.14 bits per heavy atom. The van der Waals surface area contributed by atoms with Gasteiger partial charge in [-0.15, -0.1) is 0 Å². The first-order valence-electron chi connectivity index (χ1n) is 5.65. The molecular formula is C10H12Br2Cl2N4O4. The number of urea groups is 2. The number of carbonyl (C=O) groups is 4. The Morgan fingerprint density at radius 1 is 0.773 bits per heavy atom. The van der Waals surface area contributed by atoms with Crippen LogP contribution in [0.5, 0.6) is 0 Å². The Balaban J connectivity index is 0.000000220. The Kier molecular flexibility index (Phi) is 5.43. The van der Waals surface area contributed by atoms with Gasteiger partial charge in [-0.3, -0.25) is 29.2 Å². The van der Waals surface area contributed by atoms with E-state index in [0.717, 1.165) is 14.7 Å². The van der Waals surface area contributed by atoms with E-state index in [2.05, 4.69) is 31.9 Å². The third kappa shape index (κ3) is 2.93. The molecule has 0 aromatic rings. The summed E-state index contributed by atoms with van der Waals surface area (Å²) in [7, 11) is 5.66. The van der Waals surface area contributed by atoms with Gasteiger partial charge in [-0.2, -0.15) is 0 Å². The van der Waals surface area contributed by atoms with Crippen LogP contribution in [0.1, 0.15) is 0 Å². The molecule has 0 bridgehead atoms. The first-order valence-corrected chi connectivity index (χ1v) is 7.99. The van der Waals surface area contributed by atoms with Crippen LogP contribution in [0, 0.1) is 0 Å². The molecule has 12 heteroatoms. The fourth-order valence-corrected chi connectivity index (χ4v) is 2.79. The van der Waals surface area contributed by atoms with Gasteiger partial charge in [-0.1, -0.05) is 23.2 Å². The highest BCUT2D eigenvalue weighted by Crippen LogP contribution is 2.37. The summed E-state index contributed by atoms with van der Waals surface area (Å²) in [6, 6.07) is -0.830. The van der Waals surface area contributed by atoms with Crippen molar-refractivity contribution in [2.75, 3.05) is 28.2 Å². The summed E-state index contributed by atoms with van der Waals surface area (Å²) in [6.45, 7) is 0. The quantitative estimate of drug-likeness (QED) is 0.298. The highest BCUT2D eigenvalue weighted by Gasteiger charge is 2.52. The largest absolute Gasteiger partial charge is 0.329 e. The van der Waals surface area contributed by atoms with Gasteiger partial charge in [-0.05, 0) is 31.9 Å². The van der Waals surface area contributed by atoms with Crippen LogP contribution in [0.4, 0.5) is 9.59 Å². The molecule has 0 aromatic heterocycles. The van der Waals surface area contributed by atoms with E-state index in [-0.39, 0.29) is 11.9 Å². The molecule has 0 aliphatic carbocycles. The smallest absolute Gasteiger partial charge is 0.295 e. The zero-order chi connectivity index (χ0) is 17.6. The van der Waals surface area contributed by atoms with E-state index in [1.54, 1.807) is 0 Å². The maximum atomic E-state index is 11.2. The van der Waals surface area contributed by atoms with Gasteiger partial charge in [0.05, 0.1) is 0 Å². The minimum absolute atomic E-state index is 0.315. The number of nitrogens with zero attached hydrogens (tertiary/aromatic N) is 4. The zero-order valence-electron chi connectivity index (χ0n) is 11.9. The molecule has 2 fully saturated rings. The fourth-order valence-electron chi connectivity index (χ4n) is 1.55. The van der Waals surface area contributed by atoms with Crippen molar-refractivity contribution >= 4 is 78.9 Å². The molecule has 0 atom stereocenters. The number of carbonyl (C=O) groups excluding carboxylic acids is 4. The third-order valence-corrected chi connectivity index (χ3v) is 5.69. The second-order valence-corrected chi connectivity index (χ2v) is 9.14. The van der Waals surface area contributed by atoms with Crippen molar-refractivity contribution in [3.63, 3.8) is 0 Å². The first-order chi connectivity index (χ1) is 9.77.